The topological polar surface area (TPSA) is 170 Å². The van der Waals surface area contributed by atoms with Gasteiger partial charge >= 0.3 is 11.9 Å². The minimum atomic E-state index is -1.26. The van der Waals surface area contributed by atoms with Crippen molar-refractivity contribution < 1.29 is 48.3 Å². The van der Waals surface area contributed by atoms with Gasteiger partial charge in [0.15, 0.2) is 11.5 Å². The average molecular weight is 666 g/mol. The molecule has 4 N–H and O–H groups in total. The largest absolute Gasteiger partial charge is 0.493 e. The molecular weight excluding hydrogens is 622 g/mol. The molecule has 1 aliphatic heterocycles. The van der Waals surface area contributed by atoms with Gasteiger partial charge < -0.3 is 49.4 Å². The molecule has 14 heteroatoms. The maximum absolute atomic E-state index is 13.4. The van der Waals surface area contributed by atoms with E-state index in [2.05, 4.69) is 9.80 Å². The van der Waals surface area contributed by atoms with Gasteiger partial charge in [-0.1, -0.05) is 11.6 Å². The predicted molar refractivity (Wildman–Crippen MR) is 171 cm³/mol. The number of carboxylic acid groups (broad SMARTS) is 1. The van der Waals surface area contributed by atoms with Crippen LogP contribution in [-0.4, -0.2) is 118 Å². The molecule has 2 aromatic rings. The molecule has 1 saturated heterocycles. The molecular formula is C32H44ClN3O10. The molecule has 254 valence electrons. The molecule has 0 saturated carbocycles. The second kappa shape index (κ2) is 18.4. The zero-order valence-electron chi connectivity index (χ0n) is 26.6. The number of halogens is 1. The normalized spacial score (nSPS) is 14.6. The van der Waals surface area contributed by atoms with Crippen LogP contribution in [0.2, 0.25) is 5.02 Å². The Morgan fingerprint density at radius 2 is 1.50 bits per heavy atom. The summed E-state index contributed by atoms with van der Waals surface area (Å²) in [6, 6.07) is 5.41. The summed E-state index contributed by atoms with van der Waals surface area (Å²) in [4.78, 5) is 41.4. The summed E-state index contributed by atoms with van der Waals surface area (Å²) in [5.74, 6) is -1.66. The lowest BCUT2D eigenvalue weighted by Gasteiger charge is -2.25. The smallest absolute Gasteiger partial charge is 0.338 e. The number of esters is 1. The SMILES string of the molecule is COc1cc(C(=O)OC(CCCOc2cc(C(=O)O)cc(C(N)=O)c2Cl)CCN2CCCN(CCCO)CC2)cc(OC)c1OC. The number of hydrogen-bond acceptors (Lipinski definition) is 11. The molecule has 3 rings (SSSR count). The number of rotatable bonds is 18. The fraction of sp³-hybridized carbons (Fsp3) is 0.531. The van der Waals surface area contributed by atoms with Gasteiger partial charge in [0.1, 0.15) is 11.9 Å². The Morgan fingerprint density at radius 3 is 2.07 bits per heavy atom. The highest BCUT2D eigenvalue weighted by molar-refractivity contribution is 6.35. The summed E-state index contributed by atoms with van der Waals surface area (Å²) in [6.45, 7) is 5.49. The van der Waals surface area contributed by atoms with Crippen molar-refractivity contribution in [2.24, 2.45) is 5.73 Å². The minimum absolute atomic E-state index is 0.0247. The van der Waals surface area contributed by atoms with Gasteiger partial charge in [0.25, 0.3) is 0 Å². The third kappa shape index (κ3) is 10.4. The van der Waals surface area contributed by atoms with E-state index < -0.39 is 23.9 Å². The quantitative estimate of drug-likeness (QED) is 0.157. The number of benzene rings is 2. The number of carboxylic acids is 1. The van der Waals surface area contributed by atoms with Gasteiger partial charge in [-0.25, -0.2) is 9.59 Å². The summed E-state index contributed by atoms with van der Waals surface area (Å²) in [5.41, 5.74) is 5.27. The van der Waals surface area contributed by atoms with Crippen LogP contribution < -0.4 is 24.7 Å². The molecule has 0 spiro atoms. The summed E-state index contributed by atoms with van der Waals surface area (Å²) in [7, 11) is 4.41. The highest BCUT2D eigenvalue weighted by Gasteiger charge is 2.23. The number of ether oxygens (including phenoxy) is 5. The highest BCUT2D eigenvalue weighted by atomic mass is 35.5. The first kappa shape index (κ1) is 36.7. The van der Waals surface area contributed by atoms with Crippen molar-refractivity contribution in [1.82, 2.24) is 9.80 Å². The monoisotopic (exact) mass is 665 g/mol. The molecule has 0 aliphatic carbocycles. The number of aliphatic hydroxyl groups is 1. The number of amides is 1. The van der Waals surface area contributed by atoms with Crippen LogP contribution in [0.3, 0.4) is 0 Å². The van der Waals surface area contributed by atoms with Crippen LogP contribution in [-0.2, 0) is 4.74 Å². The number of primary amides is 1. The summed E-state index contributed by atoms with van der Waals surface area (Å²) in [5, 5.41) is 18.5. The fourth-order valence-electron chi connectivity index (χ4n) is 5.27. The van der Waals surface area contributed by atoms with Gasteiger partial charge in [0.05, 0.1) is 49.6 Å². The van der Waals surface area contributed by atoms with Gasteiger partial charge in [-0.05, 0) is 69.5 Å². The zero-order valence-corrected chi connectivity index (χ0v) is 27.3. The molecule has 1 atom stereocenters. The third-order valence-electron chi connectivity index (χ3n) is 7.73. The average Bonchev–Trinajstić information content (AvgIpc) is 3.28. The maximum atomic E-state index is 13.4. The van der Waals surface area contributed by atoms with E-state index in [0.717, 1.165) is 51.6 Å². The fourth-order valence-corrected chi connectivity index (χ4v) is 5.53. The standard InChI is InChI=1S/C32H44ClN3O10/c1-42-26-19-22(20-27(43-2)29(26)44-3)32(41)46-23(8-12-36-10-5-9-35(13-14-36)11-6-15-37)7-4-16-45-25-18-21(31(39)40)17-24(28(25)33)30(34)38/h17-20,23,37H,4-16H2,1-3H3,(H2,34,38)(H,39,40). The lowest BCUT2D eigenvalue weighted by Crippen LogP contribution is -2.34. The molecule has 2 aromatic carbocycles. The van der Waals surface area contributed by atoms with Crippen molar-refractivity contribution in [1.29, 1.82) is 0 Å². The van der Waals surface area contributed by atoms with Crippen molar-refractivity contribution in [2.75, 3.05) is 73.8 Å². The van der Waals surface area contributed by atoms with E-state index in [1.165, 1.54) is 39.5 Å². The van der Waals surface area contributed by atoms with Crippen molar-refractivity contribution >= 4 is 29.4 Å². The number of aliphatic hydroxyl groups excluding tert-OH is 1. The van der Waals surface area contributed by atoms with Crippen LogP contribution in [0.5, 0.6) is 23.0 Å². The van der Waals surface area contributed by atoms with Crippen LogP contribution in [0.15, 0.2) is 24.3 Å². The Balaban J connectivity index is 1.72. The van der Waals surface area contributed by atoms with E-state index in [-0.39, 0.29) is 40.7 Å². The summed E-state index contributed by atoms with van der Waals surface area (Å²) in [6.07, 6.45) is 2.70. The Labute approximate surface area is 274 Å². The van der Waals surface area contributed by atoms with Crippen LogP contribution in [0.25, 0.3) is 0 Å². The van der Waals surface area contributed by atoms with Gasteiger partial charge in [-0.3, -0.25) is 4.79 Å². The first-order chi connectivity index (χ1) is 22.1. The first-order valence-electron chi connectivity index (χ1n) is 15.2. The lowest BCUT2D eigenvalue weighted by molar-refractivity contribution is 0.0221. The number of aromatic carboxylic acids is 1. The molecule has 13 nitrogen and oxygen atoms in total. The Bertz CT molecular complexity index is 1320. The Hall–Kier alpha value is -3.78. The van der Waals surface area contributed by atoms with Gasteiger partial charge in [0, 0.05) is 32.8 Å². The van der Waals surface area contributed by atoms with Gasteiger partial charge in [-0.15, -0.1) is 0 Å². The van der Waals surface area contributed by atoms with E-state index in [0.29, 0.717) is 43.1 Å². The van der Waals surface area contributed by atoms with Crippen LogP contribution in [0, 0.1) is 0 Å². The van der Waals surface area contributed by atoms with E-state index in [1.807, 2.05) is 0 Å². The molecule has 1 amide bonds. The molecule has 1 heterocycles. The minimum Gasteiger partial charge on any atom is -0.493 e. The molecule has 1 fully saturated rings. The first-order valence-corrected chi connectivity index (χ1v) is 15.6. The number of methoxy groups -OCH3 is 3. The highest BCUT2D eigenvalue weighted by Crippen LogP contribution is 2.38. The Morgan fingerprint density at radius 1 is 0.870 bits per heavy atom. The number of nitrogens with zero attached hydrogens (tertiary/aromatic N) is 2. The molecule has 1 aliphatic rings. The number of carbonyl (C=O) groups is 3. The van der Waals surface area contributed by atoms with Crippen LogP contribution in [0.1, 0.15) is 63.2 Å². The predicted octanol–water partition coefficient (Wildman–Crippen LogP) is 3.33. The van der Waals surface area contributed by atoms with Crippen molar-refractivity contribution in [3.63, 3.8) is 0 Å². The molecule has 1 unspecified atom stereocenters. The second-order valence-corrected chi connectivity index (χ2v) is 11.2. The molecule has 0 bridgehead atoms. The van der Waals surface area contributed by atoms with E-state index in [9.17, 15) is 24.6 Å². The summed E-state index contributed by atoms with van der Waals surface area (Å²) >= 11 is 6.28. The summed E-state index contributed by atoms with van der Waals surface area (Å²) < 4.78 is 27.9. The van der Waals surface area contributed by atoms with E-state index in [4.69, 9.17) is 41.0 Å². The van der Waals surface area contributed by atoms with Crippen LogP contribution >= 0.6 is 11.6 Å². The lowest BCUT2D eigenvalue weighted by atomic mass is 10.1. The van der Waals surface area contributed by atoms with Crippen molar-refractivity contribution in [3.05, 3.63) is 46.0 Å². The van der Waals surface area contributed by atoms with E-state index in [1.54, 1.807) is 0 Å². The van der Waals surface area contributed by atoms with Gasteiger partial charge in [0.2, 0.25) is 11.7 Å². The van der Waals surface area contributed by atoms with E-state index >= 15 is 0 Å². The second-order valence-electron chi connectivity index (χ2n) is 10.8. The zero-order chi connectivity index (χ0) is 33.6. The number of nitrogens with two attached hydrogens (primary N) is 1. The number of carbonyl (C=O) groups excluding carboxylic acids is 2. The maximum Gasteiger partial charge on any atom is 0.338 e. The molecule has 46 heavy (non-hydrogen) atoms. The Kier molecular flexibility index (Phi) is 14.7. The third-order valence-corrected chi connectivity index (χ3v) is 8.12. The van der Waals surface area contributed by atoms with Gasteiger partial charge in [-0.2, -0.15) is 0 Å². The molecule has 0 radical (unpaired) electrons. The number of hydrogen-bond donors (Lipinski definition) is 3. The van der Waals surface area contributed by atoms with Crippen molar-refractivity contribution in [2.45, 2.75) is 38.2 Å². The van der Waals surface area contributed by atoms with Crippen molar-refractivity contribution in [3.8, 4) is 23.0 Å². The molecule has 0 aromatic heterocycles. The van der Waals surface area contributed by atoms with Crippen LogP contribution in [0.4, 0.5) is 0 Å².